The maximum absolute atomic E-state index is 13.0. The van der Waals surface area contributed by atoms with Crippen molar-refractivity contribution in [2.45, 2.75) is 51.6 Å². The van der Waals surface area contributed by atoms with Crippen LogP contribution in [0.1, 0.15) is 40.5 Å². The van der Waals surface area contributed by atoms with Gasteiger partial charge in [-0.05, 0) is 40.5 Å². The Morgan fingerprint density at radius 2 is 1.32 bits per heavy atom. The highest BCUT2D eigenvalue weighted by molar-refractivity contribution is 6.15. The first-order chi connectivity index (χ1) is 14.3. The lowest BCUT2D eigenvalue weighted by Gasteiger charge is -2.36. The van der Waals surface area contributed by atoms with E-state index in [-0.39, 0.29) is 19.4 Å². The van der Waals surface area contributed by atoms with Crippen molar-refractivity contribution in [1.29, 1.82) is 0 Å². The number of nitrogens with zero attached hydrogens (tertiary/aromatic N) is 1. The third kappa shape index (κ3) is 6.10. The first kappa shape index (κ1) is 26.7. The van der Waals surface area contributed by atoms with Crippen molar-refractivity contribution < 1.29 is 39.6 Å². The number of hydrogen-bond acceptors (Lipinski definition) is 8. The quantitative estimate of drug-likeness (QED) is 0.145. The standard InChI is InChI=1S/C20H33N3O8/c1-13-8-14(28)23(15(13)29)7-5-6-20(4,16(30)21-18(2,9-24)10-25)17(31)22-19(3,11-26)12-27/h8,24-27H,5-7,9-12H2,1-4H3,(H,21,30)(H,22,31). The molecule has 1 heterocycles. The van der Waals surface area contributed by atoms with Gasteiger partial charge in [0, 0.05) is 18.2 Å². The van der Waals surface area contributed by atoms with Crippen molar-refractivity contribution in [2.75, 3.05) is 33.0 Å². The number of carbonyl (C=O) groups excluding carboxylic acids is 4. The van der Waals surface area contributed by atoms with E-state index in [1.54, 1.807) is 0 Å². The van der Waals surface area contributed by atoms with Crippen LogP contribution in [0.3, 0.4) is 0 Å². The molecule has 1 aliphatic rings. The Bertz CT molecular complexity index is 709. The van der Waals surface area contributed by atoms with Crippen molar-refractivity contribution >= 4 is 23.6 Å². The Morgan fingerprint density at radius 3 is 1.65 bits per heavy atom. The smallest absolute Gasteiger partial charge is 0.256 e. The fourth-order valence-electron chi connectivity index (χ4n) is 2.85. The van der Waals surface area contributed by atoms with Crippen molar-refractivity contribution in [2.24, 2.45) is 5.41 Å². The highest BCUT2D eigenvalue weighted by Gasteiger charge is 2.45. The van der Waals surface area contributed by atoms with Gasteiger partial charge in [-0.3, -0.25) is 24.1 Å². The second-order valence-corrected chi connectivity index (χ2v) is 8.72. The number of imide groups is 1. The van der Waals surface area contributed by atoms with Crippen LogP contribution in [-0.2, 0) is 19.2 Å². The van der Waals surface area contributed by atoms with Gasteiger partial charge in [0.2, 0.25) is 11.8 Å². The minimum absolute atomic E-state index is 0.0177. The monoisotopic (exact) mass is 443 g/mol. The number of hydrogen-bond donors (Lipinski definition) is 6. The molecule has 4 amide bonds. The van der Waals surface area contributed by atoms with E-state index < -0.39 is 66.5 Å². The highest BCUT2D eigenvalue weighted by Crippen LogP contribution is 2.27. The van der Waals surface area contributed by atoms with E-state index in [9.17, 15) is 39.6 Å². The van der Waals surface area contributed by atoms with Gasteiger partial charge in [0.15, 0.2) is 0 Å². The second kappa shape index (κ2) is 10.3. The van der Waals surface area contributed by atoms with E-state index in [2.05, 4.69) is 10.6 Å². The molecule has 0 aromatic heterocycles. The van der Waals surface area contributed by atoms with Crippen molar-refractivity contribution in [3.63, 3.8) is 0 Å². The number of rotatable bonds is 12. The normalized spacial score (nSPS) is 15.2. The van der Waals surface area contributed by atoms with E-state index in [1.165, 1.54) is 33.8 Å². The maximum atomic E-state index is 13.0. The van der Waals surface area contributed by atoms with Crippen LogP contribution in [0.5, 0.6) is 0 Å². The molecule has 11 nitrogen and oxygen atoms in total. The van der Waals surface area contributed by atoms with Crippen LogP contribution < -0.4 is 10.6 Å². The summed E-state index contributed by atoms with van der Waals surface area (Å²) in [5.74, 6) is -2.52. The van der Waals surface area contributed by atoms with Gasteiger partial charge in [-0.25, -0.2) is 0 Å². The summed E-state index contributed by atoms with van der Waals surface area (Å²) in [6, 6.07) is 0. The number of aliphatic hydroxyl groups is 4. The van der Waals surface area contributed by atoms with Gasteiger partial charge in [-0.15, -0.1) is 0 Å². The molecule has 0 aromatic carbocycles. The molecule has 0 saturated heterocycles. The van der Waals surface area contributed by atoms with Crippen LogP contribution in [0.15, 0.2) is 11.6 Å². The van der Waals surface area contributed by atoms with Crippen LogP contribution in [0.25, 0.3) is 0 Å². The lowest BCUT2D eigenvalue weighted by atomic mass is 9.81. The van der Waals surface area contributed by atoms with Gasteiger partial charge in [-0.2, -0.15) is 0 Å². The molecule has 1 aliphatic heterocycles. The number of nitrogens with one attached hydrogen (secondary N) is 2. The molecule has 1 rings (SSSR count). The van der Waals surface area contributed by atoms with Gasteiger partial charge in [0.05, 0.1) is 37.5 Å². The zero-order chi connectivity index (χ0) is 24.0. The molecule has 0 atom stereocenters. The molecule has 0 saturated carbocycles. The van der Waals surface area contributed by atoms with Gasteiger partial charge >= 0.3 is 0 Å². The second-order valence-electron chi connectivity index (χ2n) is 8.72. The molecular formula is C20H33N3O8. The molecule has 176 valence electrons. The minimum Gasteiger partial charge on any atom is -0.394 e. The summed E-state index contributed by atoms with van der Waals surface area (Å²) in [5, 5.41) is 42.8. The Balaban J connectivity index is 3.06. The largest absolute Gasteiger partial charge is 0.394 e. The zero-order valence-corrected chi connectivity index (χ0v) is 18.4. The van der Waals surface area contributed by atoms with Crippen LogP contribution in [0.2, 0.25) is 0 Å². The fraction of sp³-hybridized carbons (Fsp3) is 0.700. The van der Waals surface area contributed by atoms with E-state index in [0.717, 1.165) is 4.90 Å². The lowest BCUT2D eigenvalue weighted by molar-refractivity contribution is -0.146. The average molecular weight is 443 g/mol. The summed E-state index contributed by atoms with van der Waals surface area (Å²) < 4.78 is 0. The molecule has 0 spiro atoms. The predicted molar refractivity (Wildman–Crippen MR) is 109 cm³/mol. The summed E-state index contributed by atoms with van der Waals surface area (Å²) in [5.41, 5.74) is -4.24. The number of aliphatic hydroxyl groups excluding tert-OH is 4. The van der Waals surface area contributed by atoms with E-state index in [0.29, 0.717) is 5.57 Å². The van der Waals surface area contributed by atoms with Crippen LogP contribution in [-0.4, -0.2) is 93.0 Å². The Labute approximate surface area is 181 Å². The van der Waals surface area contributed by atoms with E-state index in [1.807, 2.05) is 0 Å². The molecule has 31 heavy (non-hydrogen) atoms. The van der Waals surface area contributed by atoms with Gasteiger partial charge < -0.3 is 31.1 Å². The van der Waals surface area contributed by atoms with Gasteiger partial charge in [-0.1, -0.05) is 0 Å². The summed E-state index contributed by atoms with van der Waals surface area (Å²) in [6.45, 7) is 3.28. The molecule has 0 aliphatic carbocycles. The molecule has 11 heteroatoms. The first-order valence-corrected chi connectivity index (χ1v) is 9.94. The topological polar surface area (TPSA) is 176 Å². The maximum Gasteiger partial charge on any atom is 0.256 e. The average Bonchev–Trinajstić information content (AvgIpc) is 2.98. The summed E-state index contributed by atoms with van der Waals surface area (Å²) >= 11 is 0. The lowest BCUT2D eigenvalue weighted by Crippen LogP contribution is -2.62. The van der Waals surface area contributed by atoms with Gasteiger partial charge in [0.1, 0.15) is 5.41 Å². The third-order valence-electron chi connectivity index (χ3n) is 5.48. The summed E-state index contributed by atoms with van der Waals surface area (Å²) in [7, 11) is 0. The molecular weight excluding hydrogens is 410 g/mol. The Hall–Kier alpha value is -2.34. The SMILES string of the molecule is CC1=CC(=O)N(CCCC(C)(C(=O)NC(C)(CO)CO)C(=O)NC(C)(CO)CO)C1=O. The Kier molecular flexibility index (Phi) is 8.88. The Morgan fingerprint density at radius 1 is 0.903 bits per heavy atom. The van der Waals surface area contributed by atoms with Crippen LogP contribution in [0, 0.1) is 5.41 Å². The van der Waals surface area contributed by atoms with Crippen molar-refractivity contribution in [1.82, 2.24) is 15.5 Å². The van der Waals surface area contributed by atoms with Crippen LogP contribution in [0.4, 0.5) is 0 Å². The minimum atomic E-state index is -1.76. The first-order valence-electron chi connectivity index (χ1n) is 9.94. The fourth-order valence-corrected chi connectivity index (χ4v) is 2.85. The van der Waals surface area contributed by atoms with Crippen LogP contribution >= 0.6 is 0 Å². The molecule has 0 radical (unpaired) electrons. The molecule has 0 bridgehead atoms. The van der Waals surface area contributed by atoms with E-state index in [4.69, 9.17) is 0 Å². The summed E-state index contributed by atoms with van der Waals surface area (Å²) in [6.07, 6.45) is 1.23. The predicted octanol–water partition coefficient (Wildman–Crippen LogP) is -2.19. The van der Waals surface area contributed by atoms with Crippen molar-refractivity contribution in [3.8, 4) is 0 Å². The summed E-state index contributed by atoms with van der Waals surface area (Å²) in [4.78, 5) is 51.0. The third-order valence-corrected chi connectivity index (χ3v) is 5.48. The van der Waals surface area contributed by atoms with E-state index >= 15 is 0 Å². The highest BCUT2D eigenvalue weighted by atomic mass is 16.3. The van der Waals surface area contributed by atoms with Crippen molar-refractivity contribution in [3.05, 3.63) is 11.6 Å². The van der Waals surface area contributed by atoms with Gasteiger partial charge in [0.25, 0.3) is 11.8 Å². The molecule has 6 N–H and O–H groups in total. The number of amides is 4. The zero-order valence-electron chi connectivity index (χ0n) is 18.4. The molecule has 0 fully saturated rings. The molecule has 0 unspecified atom stereocenters. The molecule has 0 aromatic rings. The number of carbonyl (C=O) groups is 4.